The minimum atomic E-state index is -2.25. The minimum Gasteiger partial charge on any atom is -0.493 e. The molecule has 0 aromatic heterocycles. The first kappa shape index (κ1) is 13.1. The molecule has 1 heterocycles. The van der Waals surface area contributed by atoms with Gasteiger partial charge in [0, 0.05) is 19.1 Å². The molecule has 5 nitrogen and oxygen atoms in total. The molecular weight excluding hydrogens is 393 g/mol. The molecule has 0 radical (unpaired) electrons. The van der Waals surface area contributed by atoms with Gasteiger partial charge in [-0.1, -0.05) is 38.0 Å². The van der Waals surface area contributed by atoms with Crippen LogP contribution >= 0.6 is 0 Å². The number of hydrogen-bond donors (Lipinski definition) is 1. The highest BCUT2D eigenvalue weighted by molar-refractivity contribution is 5.74. The maximum Gasteiger partial charge on any atom is 0.318 e. The van der Waals surface area contributed by atoms with Crippen LogP contribution in [0.3, 0.4) is 0 Å². The van der Waals surface area contributed by atoms with Crippen molar-refractivity contribution in [3.05, 3.63) is 65.3 Å². The van der Waals surface area contributed by atoms with Gasteiger partial charge in [0.25, 0.3) is 0 Å². The Labute approximate surface area is 199 Å². The van der Waals surface area contributed by atoms with E-state index in [0.29, 0.717) is 25.9 Å². The molecule has 1 N–H and O–H groups in total. The van der Waals surface area contributed by atoms with E-state index in [0.717, 1.165) is 0 Å². The molecule has 0 unspecified atom stereocenters. The van der Waals surface area contributed by atoms with E-state index < -0.39 is 85.0 Å². The summed E-state index contributed by atoms with van der Waals surface area (Å²) in [4.78, 5) is 16.9. The number of ether oxygens (including phenoxy) is 1. The van der Waals surface area contributed by atoms with Gasteiger partial charge in [-0.05, 0) is 74.2 Å². The Morgan fingerprint density at radius 2 is 1.81 bits per heavy atom. The Balaban J connectivity index is 1.93. The van der Waals surface area contributed by atoms with Crippen molar-refractivity contribution in [1.82, 2.24) is 15.1 Å². The molecule has 168 valence electrons. The number of piperidine rings is 1. The average molecular weight is 438 g/mol. The van der Waals surface area contributed by atoms with Crippen molar-refractivity contribution in [3.8, 4) is 5.75 Å². The van der Waals surface area contributed by atoms with Crippen molar-refractivity contribution in [2.24, 2.45) is 5.92 Å². The lowest BCUT2D eigenvalue weighted by Gasteiger charge is -2.37. The van der Waals surface area contributed by atoms with E-state index in [-0.39, 0.29) is 23.7 Å². The van der Waals surface area contributed by atoms with E-state index in [4.69, 9.17) is 18.4 Å². The molecule has 2 amide bonds. The Morgan fingerprint density at radius 1 is 1.19 bits per heavy atom. The van der Waals surface area contributed by atoms with E-state index >= 15 is 0 Å². The molecule has 31 heavy (non-hydrogen) atoms. The van der Waals surface area contributed by atoms with Crippen LogP contribution in [0.25, 0.3) is 0 Å². The first-order valence-electron chi connectivity index (χ1n) is 15.2. The molecule has 0 spiro atoms. The van der Waals surface area contributed by atoms with Gasteiger partial charge in [-0.15, -0.1) is 0 Å². The summed E-state index contributed by atoms with van der Waals surface area (Å²) in [5.74, 6) is -2.46. The van der Waals surface area contributed by atoms with E-state index in [1.807, 2.05) is 7.05 Å². The van der Waals surface area contributed by atoms with Crippen LogP contribution in [0.2, 0.25) is 0 Å². The smallest absolute Gasteiger partial charge is 0.318 e. The molecule has 0 atom stereocenters. The third kappa shape index (κ3) is 7.24. The molecule has 2 aromatic carbocycles. The normalized spacial score (nSPS) is 20.2. The summed E-state index contributed by atoms with van der Waals surface area (Å²) in [6, 6.07) is -6.13. The number of carbonyl (C=O) groups excluding carboxylic acids is 1. The molecule has 2 aromatic rings. The standard InChI is InChI=1S/C25H34FN3O2/c1-19(2)18-31-24-10-6-20(7-11-24)16-27-25(30)29(23-12-14-28(3)15-13-23)17-21-4-8-22(26)9-5-21/h4-11,19,23H,12-18H2,1-3H3,(H,27,30)/i4D,5D,6D,7D,8D,9D,10D,11D,18D2. The highest BCUT2D eigenvalue weighted by Gasteiger charge is 2.27. The fourth-order valence-electron chi connectivity index (χ4n) is 3.15. The summed E-state index contributed by atoms with van der Waals surface area (Å²) in [7, 11) is 1.92. The van der Waals surface area contributed by atoms with E-state index in [1.54, 1.807) is 13.8 Å². The highest BCUT2D eigenvalue weighted by atomic mass is 19.1. The van der Waals surface area contributed by atoms with Gasteiger partial charge in [0.15, 0.2) is 0 Å². The van der Waals surface area contributed by atoms with Crippen LogP contribution in [0, 0.1) is 11.7 Å². The molecule has 6 heteroatoms. The lowest BCUT2D eigenvalue weighted by molar-refractivity contribution is 0.127. The van der Waals surface area contributed by atoms with Crippen molar-refractivity contribution in [1.29, 1.82) is 0 Å². The molecule has 1 saturated heterocycles. The molecular formula is C25H34FN3O2. The lowest BCUT2D eigenvalue weighted by atomic mass is 10.0. The first-order valence-corrected chi connectivity index (χ1v) is 10.2. The summed E-state index contributed by atoms with van der Waals surface area (Å²) in [5.41, 5.74) is -0.305. The van der Waals surface area contributed by atoms with Crippen LogP contribution in [0.4, 0.5) is 9.18 Å². The average Bonchev–Trinajstić information content (AvgIpc) is 2.92. The number of carbonyl (C=O) groups is 1. The summed E-state index contributed by atoms with van der Waals surface area (Å²) in [6.45, 7) is 1.37. The topological polar surface area (TPSA) is 44.8 Å². The van der Waals surface area contributed by atoms with Crippen LogP contribution in [-0.2, 0) is 13.1 Å². The van der Waals surface area contributed by atoms with Gasteiger partial charge in [-0.2, -0.15) is 0 Å². The van der Waals surface area contributed by atoms with Gasteiger partial charge in [0.1, 0.15) is 11.6 Å². The number of halogens is 1. The zero-order valence-corrected chi connectivity index (χ0v) is 18.0. The summed E-state index contributed by atoms with van der Waals surface area (Å²) in [6.07, 6.45) is 1.08. The van der Waals surface area contributed by atoms with Gasteiger partial charge in [-0.25, -0.2) is 9.18 Å². The minimum absolute atomic E-state index is 0.152. The number of nitrogens with one attached hydrogen (secondary N) is 1. The molecule has 1 aliphatic heterocycles. The summed E-state index contributed by atoms with van der Waals surface area (Å²) < 4.78 is 101. The highest BCUT2D eigenvalue weighted by Crippen LogP contribution is 2.19. The quantitative estimate of drug-likeness (QED) is 0.653. The SMILES string of the molecule is [2H]c1c([2H])c(CN(C(=O)NCc2c([2H])c([2H])c(OC([2H])([2H])C(C)C)c([2H])c2[2H])C2CCN(C)CC2)c([2H])c([2H])c1F. The molecule has 1 aliphatic rings. The lowest BCUT2D eigenvalue weighted by Crippen LogP contribution is -2.49. The second kappa shape index (κ2) is 11.1. The molecule has 0 aliphatic carbocycles. The van der Waals surface area contributed by atoms with Crippen LogP contribution in [0.1, 0.15) is 51.5 Å². The first-order chi connectivity index (χ1) is 19.0. The van der Waals surface area contributed by atoms with Gasteiger partial charge in [-0.3, -0.25) is 0 Å². The Bertz CT molecular complexity index is 1260. The Kier molecular flexibility index (Phi) is 4.70. The number of likely N-dealkylation sites (tertiary alicyclic amines) is 1. The van der Waals surface area contributed by atoms with Crippen molar-refractivity contribution in [2.45, 2.75) is 45.8 Å². The van der Waals surface area contributed by atoms with E-state index in [9.17, 15) is 9.18 Å². The van der Waals surface area contributed by atoms with Crippen molar-refractivity contribution >= 4 is 6.03 Å². The number of amides is 2. The number of hydrogen-bond acceptors (Lipinski definition) is 3. The summed E-state index contributed by atoms with van der Waals surface area (Å²) in [5, 5.41) is 2.59. The largest absolute Gasteiger partial charge is 0.493 e. The van der Waals surface area contributed by atoms with Crippen LogP contribution < -0.4 is 10.1 Å². The third-order valence-corrected chi connectivity index (χ3v) is 4.83. The Morgan fingerprint density at radius 3 is 2.42 bits per heavy atom. The van der Waals surface area contributed by atoms with Gasteiger partial charge >= 0.3 is 6.03 Å². The Hall–Kier alpha value is -2.60. The second-order valence-corrected chi connectivity index (χ2v) is 7.80. The van der Waals surface area contributed by atoms with Gasteiger partial charge < -0.3 is 19.9 Å². The van der Waals surface area contributed by atoms with E-state index in [1.165, 1.54) is 4.90 Å². The summed E-state index contributed by atoms with van der Waals surface area (Å²) >= 11 is 0. The van der Waals surface area contributed by atoms with Crippen LogP contribution in [-0.4, -0.2) is 48.6 Å². The predicted molar refractivity (Wildman–Crippen MR) is 121 cm³/mol. The number of nitrogens with zero attached hydrogens (tertiary/aromatic N) is 2. The molecule has 0 bridgehead atoms. The van der Waals surface area contributed by atoms with Crippen molar-refractivity contribution < 1.29 is 27.6 Å². The molecule has 3 rings (SSSR count). The van der Waals surface area contributed by atoms with Gasteiger partial charge in [0.2, 0.25) is 0 Å². The fraction of sp³-hybridized carbons (Fsp3) is 0.480. The fourth-order valence-corrected chi connectivity index (χ4v) is 3.15. The van der Waals surface area contributed by atoms with E-state index in [2.05, 4.69) is 10.2 Å². The van der Waals surface area contributed by atoms with Crippen LogP contribution in [0.15, 0.2) is 48.3 Å². The maximum absolute atomic E-state index is 14.1. The van der Waals surface area contributed by atoms with Crippen LogP contribution in [0.5, 0.6) is 5.75 Å². The zero-order valence-electron chi connectivity index (χ0n) is 28.0. The second-order valence-electron chi connectivity index (χ2n) is 7.80. The monoisotopic (exact) mass is 437 g/mol. The van der Waals surface area contributed by atoms with Crippen molar-refractivity contribution in [3.63, 3.8) is 0 Å². The number of urea groups is 1. The predicted octanol–water partition coefficient (Wildman–Crippen LogP) is 4.67. The zero-order chi connectivity index (χ0) is 31.0. The molecule has 0 saturated carbocycles. The number of rotatable bonds is 8. The third-order valence-electron chi connectivity index (χ3n) is 4.83. The van der Waals surface area contributed by atoms with Gasteiger partial charge in [0.05, 0.1) is 20.3 Å². The molecule has 1 fully saturated rings. The van der Waals surface area contributed by atoms with Crippen molar-refractivity contribution in [2.75, 3.05) is 26.7 Å². The number of benzene rings is 2. The maximum atomic E-state index is 14.1.